The van der Waals surface area contributed by atoms with Gasteiger partial charge in [-0.1, -0.05) is 70.6 Å². The first-order valence-electron chi connectivity index (χ1n) is 11.0. The van der Waals surface area contributed by atoms with E-state index < -0.39 is 5.97 Å². The van der Waals surface area contributed by atoms with Crippen molar-refractivity contribution in [2.45, 2.75) is 103 Å². The van der Waals surface area contributed by atoms with Crippen molar-refractivity contribution >= 4 is 11.8 Å². The molecule has 0 fully saturated rings. The number of carboxylic acid groups (broad SMARTS) is 1. The number of nitrogens with one attached hydrogen (secondary N) is 1. The summed E-state index contributed by atoms with van der Waals surface area (Å²) in [5.74, 6) is -0.467. The highest BCUT2D eigenvalue weighted by atomic mass is 16.4. The van der Waals surface area contributed by atoms with E-state index >= 15 is 0 Å². The summed E-state index contributed by atoms with van der Waals surface area (Å²) < 4.78 is 0. The molecule has 158 valence electrons. The summed E-state index contributed by atoms with van der Waals surface area (Å²) >= 11 is 0. The summed E-state index contributed by atoms with van der Waals surface area (Å²) in [6.45, 7) is 0. The molecule has 0 amide bonds. The van der Waals surface area contributed by atoms with Gasteiger partial charge in [-0.25, -0.2) is 0 Å². The predicted octanol–water partition coefficient (Wildman–Crippen LogP) is 5.42. The normalized spacial score (nSPS) is 10.9. The Morgan fingerprint density at radius 1 is 0.750 bits per heavy atom. The fourth-order valence-electron chi connectivity index (χ4n) is 3.46. The van der Waals surface area contributed by atoms with Crippen LogP contribution in [0.4, 0.5) is 0 Å². The maximum atomic E-state index is 11.9. The summed E-state index contributed by atoms with van der Waals surface area (Å²) in [7, 11) is 0. The molecule has 1 heterocycles. The molecule has 1 aromatic rings. The number of ketones is 1. The van der Waals surface area contributed by atoms with Crippen LogP contribution in [0.15, 0.2) is 23.1 Å². The Balaban J connectivity index is 1.82. The zero-order valence-electron chi connectivity index (χ0n) is 17.2. The summed E-state index contributed by atoms with van der Waals surface area (Å²) in [5, 5.41) is 8.57. The third-order valence-electron chi connectivity index (χ3n) is 5.09. The molecule has 1 aromatic heterocycles. The van der Waals surface area contributed by atoms with Gasteiger partial charge in [0.15, 0.2) is 0 Å². The van der Waals surface area contributed by atoms with Gasteiger partial charge in [-0.3, -0.25) is 14.4 Å². The molecule has 5 nitrogen and oxygen atoms in total. The molecule has 0 bridgehead atoms. The van der Waals surface area contributed by atoms with Gasteiger partial charge in [0.25, 0.3) is 0 Å². The molecule has 0 saturated carbocycles. The third kappa shape index (κ3) is 14.2. The van der Waals surface area contributed by atoms with Crippen molar-refractivity contribution < 1.29 is 14.7 Å². The first-order chi connectivity index (χ1) is 13.6. The van der Waals surface area contributed by atoms with Gasteiger partial charge >= 0.3 is 5.97 Å². The molecule has 28 heavy (non-hydrogen) atoms. The second-order valence-electron chi connectivity index (χ2n) is 7.77. The van der Waals surface area contributed by atoms with Crippen LogP contribution in [0.2, 0.25) is 0 Å². The lowest BCUT2D eigenvalue weighted by molar-refractivity contribution is -0.137. The molecule has 0 aliphatic rings. The molecule has 0 radical (unpaired) electrons. The second kappa shape index (κ2) is 16.1. The van der Waals surface area contributed by atoms with Crippen LogP contribution in [-0.4, -0.2) is 21.8 Å². The lowest BCUT2D eigenvalue weighted by Crippen LogP contribution is -2.08. The highest BCUT2D eigenvalue weighted by Crippen LogP contribution is 2.13. The molecule has 0 spiro atoms. The van der Waals surface area contributed by atoms with E-state index in [1.165, 1.54) is 57.4 Å². The zero-order valence-corrected chi connectivity index (χ0v) is 17.2. The number of aliphatic carboxylic acids is 1. The van der Waals surface area contributed by atoms with E-state index in [0.29, 0.717) is 19.3 Å². The monoisotopic (exact) mass is 391 g/mol. The van der Waals surface area contributed by atoms with E-state index in [1.54, 1.807) is 12.3 Å². The smallest absolute Gasteiger partial charge is 0.303 e. The Labute approximate surface area is 168 Å². The van der Waals surface area contributed by atoms with E-state index in [4.69, 9.17) is 5.11 Å². The lowest BCUT2D eigenvalue weighted by atomic mass is 10.0. The minimum Gasteiger partial charge on any atom is -0.481 e. The molecule has 5 heteroatoms. The number of carbonyl (C=O) groups excluding carboxylic acids is 1. The van der Waals surface area contributed by atoms with Gasteiger partial charge in [0.2, 0.25) is 5.56 Å². The fourth-order valence-corrected chi connectivity index (χ4v) is 3.46. The topological polar surface area (TPSA) is 87.2 Å². The Morgan fingerprint density at radius 3 is 1.68 bits per heavy atom. The molecule has 0 aliphatic carbocycles. The van der Waals surface area contributed by atoms with Crippen molar-refractivity contribution in [3.05, 3.63) is 34.2 Å². The van der Waals surface area contributed by atoms with Gasteiger partial charge in [-0.05, 0) is 24.5 Å². The van der Waals surface area contributed by atoms with Gasteiger partial charge in [0.1, 0.15) is 5.78 Å². The Bertz CT molecular complexity index is 609. The first-order valence-corrected chi connectivity index (χ1v) is 11.0. The average Bonchev–Trinajstić information content (AvgIpc) is 2.64. The molecule has 0 aromatic carbocycles. The molecule has 1 rings (SSSR count). The maximum absolute atomic E-state index is 11.9. The number of unbranched alkanes of at least 4 members (excludes halogenated alkanes) is 12. The van der Waals surface area contributed by atoms with Crippen molar-refractivity contribution in [3.63, 3.8) is 0 Å². The summed E-state index contributed by atoms with van der Waals surface area (Å²) in [5.41, 5.74) is 0.648. The third-order valence-corrected chi connectivity index (χ3v) is 5.09. The first kappa shape index (κ1) is 24.1. The van der Waals surface area contributed by atoms with E-state index in [-0.39, 0.29) is 11.3 Å². The van der Waals surface area contributed by atoms with Crippen molar-refractivity contribution in [2.75, 3.05) is 0 Å². The van der Waals surface area contributed by atoms with Crippen molar-refractivity contribution in [1.82, 2.24) is 4.98 Å². The maximum Gasteiger partial charge on any atom is 0.303 e. The van der Waals surface area contributed by atoms with Crippen LogP contribution in [0.25, 0.3) is 0 Å². The number of hydrogen-bond acceptors (Lipinski definition) is 3. The standard InChI is InChI=1S/C23H37NO4/c25-21(18-20-16-17-24-22(26)19-20)14-12-10-8-6-4-2-1-3-5-7-9-11-13-15-23(27)28/h16-17,19H,1-15,18H2,(H,24,26)(H,27,28). The highest BCUT2D eigenvalue weighted by molar-refractivity contribution is 5.80. The van der Waals surface area contributed by atoms with Crippen LogP contribution in [0.1, 0.15) is 102 Å². The molecule has 0 aliphatic heterocycles. The molecule has 0 atom stereocenters. The minimum atomic E-state index is -0.684. The Morgan fingerprint density at radius 2 is 1.21 bits per heavy atom. The SMILES string of the molecule is O=C(O)CCCCCCCCCCCCCCCC(=O)Cc1cc[nH]c(=O)c1. The van der Waals surface area contributed by atoms with E-state index in [9.17, 15) is 14.4 Å². The Hall–Kier alpha value is -1.91. The van der Waals surface area contributed by atoms with Gasteiger partial charge < -0.3 is 10.1 Å². The van der Waals surface area contributed by atoms with Crippen LogP contribution < -0.4 is 5.56 Å². The Kier molecular flexibility index (Phi) is 13.9. The average molecular weight is 392 g/mol. The quantitative estimate of drug-likeness (QED) is 0.327. The fraction of sp³-hybridized carbons (Fsp3) is 0.696. The number of hydrogen-bond donors (Lipinski definition) is 2. The number of aromatic amines is 1. The molecule has 2 N–H and O–H groups in total. The van der Waals surface area contributed by atoms with Crippen molar-refractivity contribution in [2.24, 2.45) is 0 Å². The van der Waals surface area contributed by atoms with Gasteiger partial charge in [0, 0.05) is 31.5 Å². The summed E-state index contributed by atoms with van der Waals surface area (Å²) in [6.07, 6.45) is 18.0. The zero-order chi connectivity index (χ0) is 20.5. The highest BCUT2D eigenvalue weighted by Gasteiger charge is 2.04. The number of H-pyrrole nitrogens is 1. The number of rotatable bonds is 18. The summed E-state index contributed by atoms with van der Waals surface area (Å²) in [4.78, 5) is 36.1. The second-order valence-corrected chi connectivity index (χ2v) is 7.77. The van der Waals surface area contributed by atoms with Crippen LogP contribution >= 0.6 is 0 Å². The number of Topliss-reactive ketones (excluding diaryl/α,β-unsaturated/α-hetero) is 1. The molecule has 0 saturated heterocycles. The predicted molar refractivity (Wildman–Crippen MR) is 113 cm³/mol. The van der Waals surface area contributed by atoms with Gasteiger partial charge in [0.05, 0.1) is 0 Å². The number of pyridine rings is 1. The van der Waals surface area contributed by atoms with Gasteiger partial charge in [-0.2, -0.15) is 0 Å². The van der Waals surface area contributed by atoms with Crippen molar-refractivity contribution in [1.29, 1.82) is 0 Å². The van der Waals surface area contributed by atoms with Crippen LogP contribution in [0.3, 0.4) is 0 Å². The molecule has 0 unspecified atom stereocenters. The van der Waals surface area contributed by atoms with E-state index in [0.717, 1.165) is 37.7 Å². The van der Waals surface area contributed by atoms with Gasteiger partial charge in [-0.15, -0.1) is 0 Å². The van der Waals surface area contributed by atoms with Crippen LogP contribution in [0.5, 0.6) is 0 Å². The number of carbonyl (C=O) groups is 2. The number of carboxylic acids is 1. The summed E-state index contributed by atoms with van der Waals surface area (Å²) in [6, 6.07) is 3.29. The molecular formula is C23H37NO4. The van der Waals surface area contributed by atoms with E-state index in [1.807, 2.05) is 0 Å². The van der Waals surface area contributed by atoms with Crippen molar-refractivity contribution in [3.8, 4) is 0 Å². The lowest BCUT2D eigenvalue weighted by Gasteiger charge is -2.04. The minimum absolute atomic E-state index is 0.152. The largest absolute Gasteiger partial charge is 0.481 e. The van der Waals surface area contributed by atoms with E-state index in [2.05, 4.69) is 4.98 Å². The van der Waals surface area contributed by atoms with Crippen LogP contribution in [-0.2, 0) is 16.0 Å². The molecular weight excluding hydrogens is 354 g/mol. The number of aromatic nitrogens is 1. The van der Waals surface area contributed by atoms with Crippen LogP contribution in [0, 0.1) is 0 Å².